The zero-order chi connectivity index (χ0) is 10.4. The molecule has 0 unspecified atom stereocenters. The van der Waals surface area contributed by atoms with Crippen LogP contribution >= 0.6 is 0 Å². The Morgan fingerprint density at radius 2 is 1.67 bits per heavy atom. The summed E-state index contributed by atoms with van der Waals surface area (Å²) in [5.41, 5.74) is 0.176. The summed E-state index contributed by atoms with van der Waals surface area (Å²) in [7, 11) is -2.66. The summed E-state index contributed by atoms with van der Waals surface area (Å²) in [5, 5.41) is 7.89. The molecule has 0 aliphatic carbocycles. The number of aliphatic carboxylic acids is 1. The summed E-state index contributed by atoms with van der Waals surface area (Å²) in [4.78, 5) is 9.60. The van der Waals surface area contributed by atoms with E-state index in [0.717, 1.165) is 0 Å². The van der Waals surface area contributed by atoms with Gasteiger partial charge in [0.1, 0.15) is 9.84 Å². The van der Waals surface area contributed by atoms with Gasteiger partial charge in [0.2, 0.25) is 0 Å². The Bertz CT molecular complexity index is 239. The summed E-state index contributed by atoms with van der Waals surface area (Å²) in [5.74, 6) is -0.692. The highest BCUT2D eigenvalue weighted by Crippen LogP contribution is 1.81. The molecule has 0 fully saturated rings. The Hall–Kier alpha value is -0.840. The quantitative estimate of drug-likeness (QED) is 0.657. The van der Waals surface area contributed by atoms with Gasteiger partial charge < -0.3 is 5.11 Å². The van der Waals surface area contributed by atoms with Crippen LogP contribution in [0.3, 0.4) is 0 Å². The van der Waals surface area contributed by atoms with Crippen LogP contribution in [-0.2, 0) is 14.6 Å². The van der Waals surface area contributed by atoms with Crippen molar-refractivity contribution in [1.82, 2.24) is 0 Å². The van der Waals surface area contributed by atoms with Crippen LogP contribution < -0.4 is 0 Å². The highest BCUT2D eigenvalue weighted by molar-refractivity contribution is 7.90. The molecule has 0 atom stereocenters. The third-order valence-corrected chi connectivity index (χ3v) is 1.94. The Kier molecular flexibility index (Phi) is 6.60. The zero-order valence-corrected chi connectivity index (χ0v) is 8.31. The van der Waals surface area contributed by atoms with E-state index in [1.807, 2.05) is 0 Å². The van der Waals surface area contributed by atoms with E-state index < -0.39 is 15.8 Å². The molecule has 0 aromatic carbocycles. The van der Waals surface area contributed by atoms with E-state index >= 15 is 0 Å². The summed E-state index contributed by atoms with van der Waals surface area (Å²) >= 11 is 0. The molecular weight excluding hydrogens is 180 g/mol. The predicted octanol–water partition coefficient (Wildman–Crippen LogP) is 0.698. The lowest BCUT2D eigenvalue weighted by molar-refractivity contribution is -0.132. The van der Waals surface area contributed by atoms with Gasteiger partial charge >= 0.3 is 5.97 Å². The van der Waals surface area contributed by atoms with Gasteiger partial charge in [-0.3, -0.25) is 0 Å². The fraction of sp³-hybridized carbons (Fsp3) is 0.571. The van der Waals surface area contributed by atoms with Crippen LogP contribution in [-0.4, -0.2) is 31.5 Å². The van der Waals surface area contributed by atoms with E-state index in [1.165, 1.54) is 13.2 Å². The Morgan fingerprint density at radius 3 is 1.67 bits per heavy atom. The van der Waals surface area contributed by atoms with Crippen LogP contribution in [0.5, 0.6) is 0 Å². The van der Waals surface area contributed by atoms with Gasteiger partial charge in [0.05, 0.1) is 0 Å². The number of carboxylic acid groups (broad SMARTS) is 1. The van der Waals surface area contributed by atoms with Gasteiger partial charge in [-0.05, 0) is 6.92 Å². The average Bonchev–Trinajstić information content (AvgIpc) is 1.87. The summed E-state index contributed by atoms with van der Waals surface area (Å²) in [6, 6.07) is 0. The lowest BCUT2D eigenvalue weighted by Gasteiger charge is -1.81. The molecule has 0 saturated carbocycles. The van der Waals surface area contributed by atoms with Crippen molar-refractivity contribution in [2.75, 3.05) is 12.0 Å². The van der Waals surface area contributed by atoms with Crippen LogP contribution in [0.25, 0.3) is 0 Å². The maximum Gasteiger partial charge on any atom is 0.330 e. The first-order valence-electron chi connectivity index (χ1n) is 3.27. The van der Waals surface area contributed by atoms with Gasteiger partial charge in [-0.15, -0.1) is 0 Å². The maximum atomic E-state index is 10.0. The molecule has 1 N–H and O–H groups in total. The molecule has 72 valence electrons. The van der Waals surface area contributed by atoms with E-state index in [-0.39, 0.29) is 11.3 Å². The summed E-state index contributed by atoms with van der Waals surface area (Å²) < 4.78 is 20.0. The Morgan fingerprint density at radius 1 is 1.50 bits per heavy atom. The number of hydrogen-bond donors (Lipinski definition) is 1. The first-order chi connectivity index (χ1) is 5.20. The van der Waals surface area contributed by atoms with Crippen molar-refractivity contribution in [2.24, 2.45) is 0 Å². The molecule has 0 bridgehead atoms. The van der Waals surface area contributed by atoms with Gasteiger partial charge in [-0.2, -0.15) is 0 Å². The molecule has 0 rings (SSSR count). The van der Waals surface area contributed by atoms with Crippen LogP contribution in [0.2, 0.25) is 0 Å². The van der Waals surface area contributed by atoms with Crippen molar-refractivity contribution < 1.29 is 18.3 Å². The van der Waals surface area contributed by atoms with Crippen LogP contribution in [0.4, 0.5) is 0 Å². The van der Waals surface area contributed by atoms with E-state index in [4.69, 9.17) is 5.11 Å². The van der Waals surface area contributed by atoms with E-state index in [1.54, 1.807) is 6.92 Å². The van der Waals surface area contributed by atoms with E-state index in [2.05, 4.69) is 6.58 Å². The van der Waals surface area contributed by atoms with Crippen LogP contribution in [0.15, 0.2) is 12.2 Å². The molecule has 0 aliphatic heterocycles. The van der Waals surface area contributed by atoms with Gasteiger partial charge in [0.15, 0.2) is 0 Å². The molecule has 12 heavy (non-hydrogen) atoms. The van der Waals surface area contributed by atoms with Crippen molar-refractivity contribution in [3.05, 3.63) is 12.2 Å². The summed E-state index contributed by atoms with van der Waals surface area (Å²) in [6.45, 7) is 6.22. The third-order valence-electron chi connectivity index (χ3n) is 0.889. The SMILES string of the molecule is C=C(C)C(=O)O.CCS(C)(=O)=O. The Labute approximate surface area is 72.8 Å². The second-order valence-corrected chi connectivity index (χ2v) is 4.73. The molecule has 4 nitrogen and oxygen atoms in total. The molecule has 0 heterocycles. The monoisotopic (exact) mass is 194 g/mol. The lowest BCUT2D eigenvalue weighted by atomic mass is 10.4. The molecule has 0 aromatic rings. The van der Waals surface area contributed by atoms with Crippen molar-refractivity contribution in [3.8, 4) is 0 Å². The Balaban J connectivity index is 0. The van der Waals surface area contributed by atoms with Crippen LogP contribution in [0.1, 0.15) is 13.8 Å². The molecular formula is C7H14O4S. The minimum Gasteiger partial charge on any atom is -0.478 e. The van der Waals surface area contributed by atoms with E-state index in [0.29, 0.717) is 0 Å². The standard InChI is InChI=1S/C4H6O2.C3H8O2S/c1-3(2)4(5)6;1-3-6(2,4)5/h1H2,2H3,(H,5,6);3H2,1-2H3. The van der Waals surface area contributed by atoms with E-state index in [9.17, 15) is 13.2 Å². The second-order valence-electron chi connectivity index (χ2n) is 2.30. The average molecular weight is 194 g/mol. The van der Waals surface area contributed by atoms with Gasteiger partial charge in [0, 0.05) is 17.6 Å². The third kappa shape index (κ3) is 16.1. The molecule has 0 aromatic heterocycles. The molecule has 0 amide bonds. The normalized spacial score (nSPS) is 9.58. The maximum absolute atomic E-state index is 10.0. The van der Waals surface area contributed by atoms with Crippen LogP contribution in [0, 0.1) is 0 Å². The minimum atomic E-state index is -2.66. The number of sulfone groups is 1. The molecule has 0 radical (unpaired) electrons. The molecule has 0 saturated heterocycles. The summed E-state index contributed by atoms with van der Waals surface area (Å²) in [6.07, 6.45) is 1.22. The largest absolute Gasteiger partial charge is 0.478 e. The van der Waals surface area contributed by atoms with Gasteiger partial charge in [-0.1, -0.05) is 13.5 Å². The zero-order valence-electron chi connectivity index (χ0n) is 7.49. The fourth-order valence-corrected chi connectivity index (χ4v) is 0. The highest BCUT2D eigenvalue weighted by atomic mass is 32.2. The first kappa shape index (κ1) is 13.7. The van der Waals surface area contributed by atoms with Crippen molar-refractivity contribution in [2.45, 2.75) is 13.8 Å². The van der Waals surface area contributed by atoms with Crippen molar-refractivity contribution in [1.29, 1.82) is 0 Å². The molecule has 5 heteroatoms. The molecule has 0 aliphatic rings. The van der Waals surface area contributed by atoms with Crippen molar-refractivity contribution >= 4 is 15.8 Å². The number of carbonyl (C=O) groups is 1. The van der Waals surface area contributed by atoms with Gasteiger partial charge in [0.25, 0.3) is 0 Å². The smallest absolute Gasteiger partial charge is 0.330 e. The first-order valence-corrected chi connectivity index (χ1v) is 5.33. The van der Waals surface area contributed by atoms with Crippen molar-refractivity contribution in [3.63, 3.8) is 0 Å². The number of hydrogen-bond acceptors (Lipinski definition) is 3. The molecule has 0 spiro atoms. The lowest BCUT2D eigenvalue weighted by Crippen LogP contribution is -1.96. The fourth-order valence-electron chi connectivity index (χ4n) is 0. The van der Waals surface area contributed by atoms with Gasteiger partial charge in [-0.25, -0.2) is 13.2 Å². The highest BCUT2D eigenvalue weighted by Gasteiger charge is 1.91. The second kappa shape index (κ2) is 5.77. The topological polar surface area (TPSA) is 71.4 Å². The predicted molar refractivity (Wildman–Crippen MR) is 47.8 cm³/mol. The minimum absolute atomic E-state index is 0.176. The number of rotatable bonds is 2. The number of carboxylic acids is 1.